The van der Waals surface area contributed by atoms with E-state index in [2.05, 4.69) is 31.3 Å². The molecule has 0 amide bonds. The lowest BCUT2D eigenvalue weighted by atomic mass is 9.94. The van der Waals surface area contributed by atoms with E-state index in [1.807, 2.05) is 32.2 Å². The zero-order valence-corrected chi connectivity index (χ0v) is 13.7. The van der Waals surface area contributed by atoms with Gasteiger partial charge in [0.1, 0.15) is 0 Å². The molecule has 2 aromatic rings. The van der Waals surface area contributed by atoms with E-state index in [0.717, 1.165) is 26.7 Å². The summed E-state index contributed by atoms with van der Waals surface area (Å²) in [6.45, 7) is 6.22. The molecule has 0 heterocycles. The van der Waals surface area contributed by atoms with Gasteiger partial charge in [0.05, 0.1) is 6.04 Å². The largest absolute Gasteiger partial charge is 0.309 e. The molecule has 1 unspecified atom stereocenters. The van der Waals surface area contributed by atoms with Crippen molar-refractivity contribution < 1.29 is 0 Å². The molecule has 3 heteroatoms. The first kappa shape index (κ1) is 15.4. The van der Waals surface area contributed by atoms with Gasteiger partial charge >= 0.3 is 0 Å². The minimum atomic E-state index is 0.0409. The first-order valence-corrected chi connectivity index (χ1v) is 7.39. The Labute approximate surface area is 130 Å². The molecule has 0 saturated heterocycles. The van der Waals surface area contributed by atoms with Gasteiger partial charge in [-0.2, -0.15) is 0 Å². The van der Waals surface area contributed by atoms with Crippen LogP contribution < -0.4 is 5.32 Å². The van der Waals surface area contributed by atoms with E-state index in [1.54, 1.807) is 0 Å². The number of hydrogen-bond acceptors (Lipinski definition) is 1. The molecule has 0 saturated carbocycles. The smallest absolute Gasteiger partial charge is 0.0589 e. The fourth-order valence-electron chi connectivity index (χ4n) is 2.46. The van der Waals surface area contributed by atoms with E-state index in [0.29, 0.717) is 0 Å². The minimum Gasteiger partial charge on any atom is -0.309 e. The van der Waals surface area contributed by atoms with Crippen LogP contribution in [0.4, 0.5) is 0 Å². The highest BCUT2D eigenvalue weighted by Crippen LogP contribution is 2.32. The van der Waals surface area contributed by atoms with Gasteiger partial charge in [-0.05, 0) is 73.8 Å². The number of hydrogen-bond donors (Lipinski definition) is 1. The van der Waals surface area contributed by atoms with Crippen molar-refractivity contribution >= 4 is 23.2 Å². The topological polar surface area (TPSA) is 12.0 Å². The molecule has 2 rings (SSSR count). The Morgan fingerprint density at radius 3 is 2.15 bits per heavy atom. The average Bonchev–Trinajstić information content (AvgIpc) is 2.35. The molecule has 0 aromatic heterocycles. The second kappa shape index (κ2) is 6.17. The van der Waals surface area contributed by atoms with Crippen molar-refractivity contribution in [3.63, 3.8) is 0 Å². The third kappa shape index (κ3) is 3.17. The van der Waals surface area contributed by atoms with Crippen LogP contribution in [-0.2, 0) is 0 Å². The van der Waals surface area contributed by atoms with Gasteiger partial charge in [-0.25, -0.2) is 0 Å². The summed E-state index contributed by atoms with van der Waals surface area (Å²) in [6.07, 6.45) is 0. The fourth-order valence-corrected chi connectivity index (χ4v) is 3.08. The number of halogens is 2. The first-order valence-electron chi connectivity index (χ1n) is 6.63. The zero-order chi connectivity index (χ0) is 14.9. The molecule has 0 aliphatic heterocycles. The summed E-state index contributed by atoms with van der Waals surface area (Å²) in [7, 11) is 1.94. The maximum Gasteiger partial charge on any atom is 0.0589 e. The predicted octanol–water partition coefficient (Wildman–Crippen LogP) is 5.23. The van der Waals surface area contributed by atoms with Crippen LogP contribution in [0.2, 0.25) is 10.0 Å². The Balaban J connectivity index is 2.55. The van der Waals surface area contributed by atoms with E-state index in [1.165, 1.54) is 11.1 Å². The maximum absolute atomic E-state index is 6.43. The highest BCUT2D eigenvalue weighted by atomic mass is 35.5. The lowest BCUT2D eigenvalue weighted by Crippen LogP contribution is -2.18. The van der Waals surface area contributed by atoms with Crippen molar-refractivity contribution in [3.05, 3.63) is 68.2 Å². The molecular weight excluding hydrogens is 289 g/mol. The molecule has 1 N–H and O–H groups in total. The van der Waals surface area contributed by atoms with Crippen LogP contribution in [0.3, 0.4) is 0 Å². The highest BCUT2D eigenvalue weighted by Gasteiger charge is 2.17. The standard InChI is InChI=1S/C17H19Cl2N/c1-10-5-13(9-14(18)6-10)17(20-4)15-7-11(2)12(3)8-16(15)19/h5-9,17,20H,1-4H3. The first-order chi connectivity index (χ1) is 9.42. The van der Waals surface area contributed by atoms with Crippen molar-refractivity contribution in [3.8, 4) is 0 Å². The molecular formula is C17H19Cl2N. The van der Waals surface area contributed by atoms with E-state index < -0.39 is 0 Å². The fraction of sp³-hybridized carbons (Fsp3) is 0.294. The van der Waals surface area contributed by atoms with Crippen LogP contribution in [0, 0.1) is 20.8 Å². The third-order valence-corrected chi connectivity index (χ3v) is 4.16. The Morgan fingerprint density at radius 2 is 1.55 bits per heavy atom. The second-order valence-electron chi connectivity index (χ2n) is 5.24. The molecule has 0 aliphatic rings. The minimum absolute atomic E-state index is 0.0409. The van der Waals surface area contributed by atoms with Gasteiger partial charge in [0.25, 0.3) is 0 Å². The van der Waals surface area contributed by atoms with Crippen LogP contribution in [-0.4, -0.2) is 7.05 Å². The number of rotatable bonds is 3. The summed E-state index contributed by atoms with van der Waals surface area (Å²) < 4.78 is 0. The van der Waals surface area contributed by atoms with Crippen LogP contribution in [0.5, 0.6) is 0 Å². The summed E-state index contributed by atoms with van der Waals surface area (Å²) in [4.78, 5) is 0. The van der Waals surface area contributed by atoms with Crippen molar-refractivity contribution in [1.82, 2.24) is 5.32 Å². The van der Waals surface area contributed by atoms with Crippen LogP contribution in [0.25, 0.3) is 0 Å². The van der Waals surface area contributed by atoms with E-state index in [-0.39, 0.29) is 6.04 Å². The Bertz CT molecular complexity index is 615. The number of aryl methyl sites for hydroxylation is 3. The van der Waals surface area contributed by atoms with E-state index in [9.17, 15) is 0 Å². The van der Waals surface area contributed by atoms with E-state index >= 15 is 0 Å². The average molecular weight is 308 g/mol. The highest BCUT2D eigenvalue weighted by molar-refractivity contribution is 6.31. The maximum atomic E-state index is 6.43. The molecule has 0 spiro atoms. The van der Waals surface area contributed by atoms with Crippen molar-refractivity contribution in [2.75, 3.05) is 7.05 Å². The van der Waals surface area contributed by atoms with Crippen LogP contribution in [0.15, 0.2) is 30.3 Å². The zero-order valence-electron chi connectivity index (χ0n) is 12.2. The van der Waals surface area contributed by atoms with Gasteiger partial charge in [-0.1, -0.05) is 35.3 Å². The monoisotopic (exact) mass is 307 g/mol. The van der Waals surface area contributed by atoms with Crippen molar-refractivity contribution in [1.29, 1.82) is 0 Å². The molecule has 0 bridgehead atoms. The van der Waals surface area contributed by atoms with Gasteiger partial charge in [0.15, 0.2) is 0 Å². The van der Waals surface area contributed by atoms with Gasteiger partial charge < -0.3 is 5.32 Å². The summed E-state index contributed by atoms with van der Waals surface area (Å²) >= 11 is 12.6. The van der Waals surface area contributed by atoms with Gasteiger partial charge in [0.2, 0.25) is 0 Å². The molecule has 1 nitrogen and oxygen atoms in total. The molecule has 0 fully saturated rings. The SMILES string of the molecule is CNC(c1cc(C)cc(Cl)c1)c1cc(C)c(C)cc1Cl. The van der Waals surface area contributed by atoms with Crippen molar-refractivity contribution in [2.45, 2.75) is 26.8 Å². The summed E-state index contributed by atoms with van der Waals surface area (Å²) in [5.41, 5.74) is 5.80. The number of benzene rings is 2. The lowest BCUT2D eigenvalue weighted by molar-refractivity contribution is 0.690. The molecule has 1 atom stereocenters. The third-order valence-electron chi connectivity index (χ3n) is 3.61. The normalized spacial score (nSPS) is 12.5. The summed E-state index contributed by atoms with van der Waals surface area (Å²) in [6, 6.07) is 10.3. The molecule has 2 aromatic carbocycles. The van der Waals surface area contributed by atoms with Crippen molar-refractivity contribution in [2.24, 2.45) is 0 Å². The van der Waals surface area contributed by atoms with Crippen LogP contribution >= 0.6 is 23.2 Å². The Kier molecular flexibility index (Phi) is 4.74. The number of nitrogens with one attached hydrogen (secondary N) is 1. The van der Waals surface area contributed by atoms with Crippen LogP contribution in [0.1, 0.15) is 33.9 Å². The van der Waals surface area contributed by atoms with E-state index in [4.69, 9.17) is 23.2 Å². The molecule has 0 radical (unpaired) electrons. The molecule has 0 aliphatic carbocycles. The Morgan fingerprint density at radius 1 is 0.900 bits per heavy atom. The van der Waals surface area contributed by atoms with Gasteiger partial charge in [-0.15, -0.1) is 0 Å². The quantitative estimate of drug-likeness (QED) is 0.819. The summed E-state index contributed by atoms with van der Waals surface area (Å²) in [5.74, 6) is 0. The van der Waals surface area contributed by atoms with Gasteiger partial charge in [0, 0.05) is 10.0 Å². The predicted molar refractivity (Wildman–Crippen MR) is 88.0 cm³/mol. The molecule has 20 heavy (non-hydrogen) atoms. The lowest BCUT2D eigenvalue weighted by Gasteiger charge is -2.21. The molecule has 106 valence electrons. The Hall–Kier alpha value is -1.02. The van der Waals surface area contributed by atoms with Gasteiger partial charge in [-0.3, -0.25) is 0 Å². The summed E-state index contributed by atoms with van der Waals surface area (Å²) in [5, 5.41) is 4.87. The second-order valence-corrected chi connectivity index (χ2v) is 6.09.